The van der Waals surface area contributed by atoms with Crippen molar-refractivity contribution >= 4 is 0 Å². The van der Waals surface area contributed by atoms with Crippen LogP contribution in [0.3, 0.4) is 0 Å². The highest BCUT2D eigenvalue weighted by Crippen LogP contribution is 2.22. The average Bonchev–Trinajstić information content (AvgIpc) is 2.43. The molecule has 2 atom stereocenters. The third-order valence-corrected chi connectivity index (χ3v) is 3.70. The van der Waals surface area contributed by atoms with Crippen molar-refractivity contribution in [3.63, 3.8) is 0 Å². The molecule has 1 N–H and O–H groups in total. The van der Waals surface area contributed by atoms with Gasteiger partial charge in [0.25, 0.3) is 0 Å². The third-order valence-electron chi connectivity index (χ3n) is 3.70. The fourth-order valence-electron chi connectivity index (χ4n) is 2.46. The number of benzene rings is 1. The van der Waals surface area contributed by atoms with Crippen molar-refractivity contribution in [2.24, 2.45) is 0 Å². The van der Waals surface area contributed by atoms with Gasteiger partial charge in [0.05, 0.1) is 0 Å². The van der Waals surface area contributed by atoms with E-state index in [-0.39, 0.29) is 0 Å². The molecule has 2 unspecified atom stereocenters. The lowest BCUT2D eigenvalue weighted by atomic mass is 9.89. The zero-order valence-electron chi connectivity index (χ0n) is 12.3. The summed E-state index contributed by atoms with van der Waals surface area (Å²) >= 11 is 0. The Kier molecular flexibility index (Phi) is 7.75. The molecule has 0 aliphatic rings. The quantitative estimate of drug-likeness (QED) is 0.622. The van der Waals surface area contributed by atoms with Crippen molar-refractivity contribution in [2.45, 2.75) is 64.8 Å². The molecule has 0 saturated carbocycles. The van der Waals surface area contributed by atoms with E-state index < -0.39 is 0 Å². The third kappa shape index (κ3) is 5.22. The molecule has 1 heteroatoms. The van der Waals surface area contributed by atoms with Gasteiger partial charge in [0.15, 0.2) is 0 Å². The van der Waals surface area contributed by atoms with Crippen molar-refractivity contribution in [1.82, 2.24) is 5.32 Å². The molecule has 0 bridgehead atoms. The van der Waals surface area contributed by atoms with Crippen LogP contribution in [-0.2, 0) is 0 Å². The van der Waals surface area contributed by atoms with Crippen LogP contribution >= 0.6 is 0 Å². The number of hydrogen-bond acceptors (Lipinski definition) is 1. The Balaban J connectivity index is 2.57. The fourth-order valence-corrected chi connectivity index (χ4v) is 2.46. The van der Waals surface area contributed by atoms with Gasteiger partial charge in [-0.05, 0) is 30.9 Å². The summed E-state index contributed by atoms with van der Waals surface area (Å²) < 4.78 is 0. The highest BCUT2D eigenvalue weighted by Gasteiger charge is 2.17. The minimum Gasteiger partial charge on any atom is -0.313 e. The average molecular weight is 247 g/mol. The molecule has 0 aliphatic carbocycles. The lowest BCUT2D eigenvalue weighted by molar-refractivity contribution is 0.409. The van der Waals surface area contributed by atoms with Crippen LogP contribution < -0.4 is 5.32 Å². The van der Waals surface area contributed by atoms with Crippen LogP contribution in [-0.4, -0.2) is 12.6 Å². The molecule has 0 saturated heterocycles. The zero-order valence-corrected chi connectivity index (χ0v) is 12.3. The minimum atomic E-state index is 0.606. The summed E-state index contributed by atoms with van der Waals surface area (Å²) in [5.74, 6) is 0.606. The summed E-state index contributed by atoms with van der Waals surface area (Å²) in [6, 6.07) is 11.5. The maximum atomic E-state index is 3.73. The molecule has 18 heavy (non-hydrogen) atoms. The molecule has 0 aromatic heterocycles. The van der Waals surface area contributed by atoms with Crippen LogP contribution in [0.15, 0.2) is 30.3 Å². The van der Waals surface area contributed by atoms with Gasteiger partial charge in [-0.25, -0.2) is 0 Å². The lowest BCUT2D eigenvalue weighted by Gasteiger charge is -2.25. The topological polar surface area (TPSA) is 12.0 Å². The number of hydrogen-bond donors (Lipinski definition) is 1. The standard InChI is InChI=1S/C17H29N/c1-4-6-8-13-17(18-14-5-2)15(3)16-11-9-7-10-12-16/h7,9-12,15,17-18H,4-6,8,13-14H2,1-3H3. The summed E-state index contributed by atoms with van der Waals surface area (Å²) in [6.45, 7) is 8.00. The second-order valence-corrected chi connectivity index (χ2v) is 5.26. The molecule has 1 rings (SSSR count). The zero-order chi connectivity index (χ0) is 13.2. The Morgan fingerprint density at radius 2 is 1.72 bits per heavy atom. The molecule has 0 fully saturated rings. The SMILES string of the molecule is CCCCCC(NCCC)C(C)c1ccccc1. The summed E-state index contributed by atoms with van der Waals surface area (Å²) in [5, 5.41) is 3.73. The van der Waals surface area contributed by atoms with E-state index in [2.05, 4.69) is 56.4 Å². The Labute approximate surface area is 113 Å². The predicted molar refractivity (Wildman–Crippen MR) is 81.1 cm³/mol. The Morgan fingerprint density at radius 1 is 1.00 bits per heavy atom. The normalized spacial score (nSPS) is 14.4. The number of nitrogens with one attached hydrogen (secondary N) is 1. The van der Waals surface area contributed by atoms with E-state index in [1.54, 1.807) is 0 Å². The van der Waals surface area contributed by atoms with Gasteiger partial charge < -0.3 is 5.32 Å². The van der Waals surface area contributed by atoms with Crippen LogP contribution in [0.5, 0.6) is 0 Å². The Morgan fingerprint density at radius 3 is 2.33 bits per heavy atom. The van der Waals surface area contributed by atoms with Crippen LogP contribution in [0.1, 0.15) is 64.4 Å². The van der Waals surface area contributed by atoms with Gasteiger partial charge in [-0.15, -0.1) is 0 Å². The Bertz CT molecular complexity index is 294. The first kappa shape index (κ1) is 15.2. The van der Waals surface area contributed by atoms with Crippen molar-refractivity contribution < 1.29 is 0 Å². The smallest absolute Gasteiger partial charge is 0.0133 e. The van der Waals surface area contributed by atoms with E-state index in [0.717, 1.165) is 6.54 Å². The highest BCUT2D eigenvalue weighted by atomic mass is 14.9. The fraction of sp³-hybridized carbons (Fsp3) is 0.647. The van der Waals surface area contributed by atoms with Gasteiger partial charge in [0.2, 0.25) is 0 Å². The van der Waals surface area contributed by atoms with Crippen molar-refractivity contribution in [3.8, 4) is 0 Å². The summed E-state index contributed by atoms with van der Waals surface area (Å²) in [5.41, 5.74) is 1.46. The predicted octanol–water partition coefficient (Wildman–Crippen LogP) is 4.74. The van der Waals surface area contributed by atoms with E-state index in [9.17, 15) is 0 Å². The van der Waals surface area contributed by atoms with Crippen LogP contribution in [0, 0.1) is 0 Å². The molecule has 0 radical (unpaired) electrons. The number of rotatable bonds is 9. The molecule has 0 spiro atoms. The molecule has 0 heterocycles. The molecule has 1 aromatic rings. The van der Waals surface area contributed by atoms with E-state index in [1.165, 1.54) is 37.7 Å². The van der Waals surface area contributed by atoms with Gasteiger partial charge in [0.1, 0.15) is 0 Å². The molecular weight excluding hydrogens is 218 g/mol. The van der Waals surface area contributed by atoms with Crippen LogP contribution in [0.25, 0.3) is 0 Å². The first-order chi connectivity index (χ1) is 8.79. The summed E-state index contributed by atoms with van der Waals surface area (Å²) in [4.78, 5) is 0. The maximum Gasteiger partial charge on any atom is 0.0133 e. The molecule has 0 amide bonds. The van der Waals surface area contributed by atoms with Crippen LogP contribution in [0.4, 0.5) is 0 Å². The Hall–Kier alpha value is -0.820. The lowest BCUT2D eigenvalue weighted by Crippen LogP contribution is -2.34. The molecule has 1 nitrogen and oxygen atoms in total. The van der Waals surface area contributed by atoms with E-state index in [1.807, 2.05) is 0 Å². The van der Waals surface area contributed by atoms with Crippen LogP contribution in [0.2, 0.25) is 0 Å². The van der Waals surface area contributed by atoms with Gasteiger partial charge in [-0.1, -0.05) is 70.4 Å². The van der Waals surface area contributed by atoms with Gasteiger partial charge in [-0.2, -0.15) is 0 Å². The van der Waals surface area contributed by atoms with Crippen molar-refractivity contribution in [2.75, 3.05) is 6.54 Å². The maximum absolute atomic E-state index is 3.73. The molecule has 102 valence electrons. The molecular formula is C17H29N. The number of unbranched alkanes of at least 4 members (excludes halogenated alkanes) is 2. The second-order valence-electron chi connectivity index (χ2n) is 5.26. The van der Waals surface area contributed by atoms with Gasteiger partial charge in [-0.3, -0.25) is 0 Å². The molecule has 1 aromatic carbocycles. The van der Waals surface area contributed by atoms with E-state index >= 15 is 0 Å². The van der Waals surface area contributed by atoms with E-state index in [0.29, 0.717) is 12.0 Å². The molecule has 0 aliphatic heterocycles. The first-order valence-electron chi connectivity index (χ1n) is 7.57. The van der Waals surface area contributed by atoms with Crippen molar-refractivity contribution in [3.05, 3.63) is 35.9 Å². The van der Waals surface area contributed by atoms with E-state index in [4.69, 9.17) is 0 Å². The monoisotopic (exact) mass is 247 g/mol. The first-order valence-corrected chi connectivity index (χ1v) is 7.57. The summed E-state index contributed by atoms with van der Waals surface area (Å²) in [6.07, 6.45) is 6.51. The second kappa shape index (κ2) is 9.16. The van der Waals surface area contributed by atoms with Gasteiger partial charge in [0, 0.05) is 6.04 Å². The minimum absolute atomic E-state index is 0.606. The van der Waals surface area contributed by atoms with Crippen molar-refractivity contribution in [1.29, 1.82) is 0 Å². The highest BCUT2D eigenvalue weighted by molar-refractivity contribution is 5.20. The largest absolute Gasteiger partial charge is 0.313 e. The van der Waals surface area contributed by atoms with Gasteiger partial charge >= 0.3 is 0 Å². The summed E-state index contributed by atoms with van der Waals surface area (Å²) in [7, 11) is 0.